The van der Waals surface area contributed by atoms with Crippen molar-refractivity contribution in [2.45, 2.75) is 45.1 Å². The van der Waals surface area contributed by atoms with Crippen molar-refractivity contribution in [3.8, 4) is 0 Å². The lowest BCUT2D eigenvalue weighted by Gasteiger charge is -2.37. The van der Waals surface area contributed by atoms with Gasteiger partial charge < -0.3 is 15.7 Å². The highest BCUT2D eigenvalue weighted by Crippen LogP contribution is 2.30. The highest BCUT2D eigenvalue weighted by molar-refractivity contribution is 9.10. The van der Waals surface area contributed by atoms with E-state index in [2.05, 4.69) is 37.6 Å². The number of aryl methyl sites for hydroxylation is 1. The minimum Gasteiger partial charge on any atom is -0.394 e. The molecule has 8 heteroatoms. The highest BCUT2D eigenvalue weighted by atomic mass is 79.9. The van der Waals surface area contributed by atoms with Crippen molar-refractivity contribution in [2.24, 2.45) is 5.92 Å². The van der Waals surface area contributed by atoms with Crippen molar-refractivity contribution in [1.82, 2.24) is 10.3 Å². The van der Waals surface area contributed by atoms with E-state index < -0.39 is 5.54 Å². The van der Waals surface area contributed by atoms with Gasteiger partial charge >= 0.3 is 0 Å². The first-order valence-electron chi connectivity index (χ1n) is 9.25. The molecule has 0 spiro atoms. The molecule has 1 unspecified atom stereocenters. The van der Waals surface area contributed by atoms with Gasteiger partial charge in [0.2, 0.25) is 11.8 Å². The van der Waals surface area contributed by atoms with E-state index in [-0.39, 0.29) is 30.8 Å². The molecule has 6 nitrogen and oxygen atoms in total. The second-order valence-corrected chi connectivity index (χ2v) is 9.31. The summed E-state index contributed by atoms with van der Waals surface area (Å²) < 4.78 is 1.04. The molecule has 1 aromatic carbocycles. The van der Waals surface area contributed by atoms with Gasteiger partial charge in [-0.2, -0.15) is 0 Å². The van der Waals surface area contributed by atoms with Crippen molar-refractivity contribution in [3.05, 3.63) is 44.9 Å². The van der Waals surface area contributed by atoms with Crippen LogP contribution in [0.15, 0.2) is 28.1 Å². The van der Waals surface area contributed by atoms with Gasteiger partial charge in [-0.3, -0.25) is 9.59 Å². The Balaban J connectivity index is 1.63. The first-order valence-corrected chi connectivity index (χ1v) is 10.9. The number of amides is 2. The van der Waals surface area contributed by atoms with E-state index in [1.807, 2.05) is 26.0 Å². The summed E-state index contributed by atoms with van der Waals surface area (Å²) in [5, 5.41) is 18.0. The van der Waals surface area contributed by atoms with Crippen molar-refractivity contribution < 1.29 is 14.7 Å². The molecule has 0 radical (unpaired) electrons. The maximum Gasteiger partial charge on any atom is 0.228 e. The van der Waals surface area contributed by atoms with Crippen LogP contribution in [0.5, 0.6) is 0 Å². The van der Waals surface area contributed by atoms with Crippen LogP contribution in [0, 0.1) is 5.92 Å². The zero-order valence-electron chi connectivity index (χ0n) is 15.9. The van der Waals surface area contributed by atoms with Crippen LogP contribution in [-0.4, -0.2) is 34.1 Å². The Bertz CT molecular complexity index is 883. The SMILES string of the molecule is CC(C)C(=O)Nc1nc(CC(=O)NC2(CO)CCc3cc(Br)ccc3C2)cs1. The molecule has 0 bridgehead atoms. The summed E-state index contributed by atoms with van der Waals surface area (Å²) in [6.07, 6.45) is 2.21. The fourth-order valence-corrected chi connectivity index (χ4v) is 4.43. The number of hydrogen-bond acceptors (Lipinski definition) is 5. The Labute approximate surface area is 176 Å². The van der Waals surface area contributed by atoms with E-state index in [1.165, 1.54) is 16.9 Å². The second kappa shape index (κ2) is 8.71. The number of fused-ring (bicyclic) bond motifs is 1. The van der Waals surface area contributed by atoms with Crippen LogP contribution in [0.2, 0.25) is 0 Å². The molecule has 3 N–H and O–H groups in total. The molecule has 28 heavy (non-hydrogen) atoms. The Morgan fingerprint density at radius 2 is 2.14 bits per heavy atom. The fraction of sp³-hybridized carbons (Fsp3) is 0.450. The summed E-state index contributed by atoms with van der Waals surface area (Å²) in [6.45, 7) is 3.51. The van der Waals surface area contributed by atoms with Crippen LogP contribution in [-0.2, 0) is 28.9 Å². The normalized spacial score (nSPS) is 18.6. The molecule has 1 aliphatic carbocycles. The first kappa shape index (κ1) is 21.0. The predicted octanol–water partition coefficient (Wildman–Crippen LogP) is 3.08. The molecule has 0 fully saturated rings. The van der Waals surface area contributed by atoms with Crippen LogP contribution in [0.25, 0.3) is 0 Å². The molecule has 1 atom stereocenters. The highest BCUT2D eigenvalue weighted by Gasteiger charge is 2.35. The van der Waals surface area contributed by atoms with Crippen molar-refractivity contribution in [1.29, 1.82) is 0 Å². The standard InChI is InChI=1S/C20H24BrN3O3S/c1-12(2)18(27)23-19-22-16(10-28-19)8-17(26)24-20(11-25)6-5-13-7-15(21)4-3-14(13)9-20/h3-4,7,10,12,25H,5-6,8-9,11H2,1-2H3,(H,24,26)(H,22,23,27). The van der Waals surface area contributed by atoms with E-state index in [0.717, 1.165) is 16.5 Å². The van der Waals surface area contributed by atoms with E-state index >= 15 is 0 Å². The Hall–Kier alpha value is -1.77. The lowest BCUT2D eigenvalue weighted by molar-refractivity contribution is -0.123. The number of thiazole rings is 1. The summed E-state index contributed by atoms with van der Waals surface area (Å²) in [5.74, 6) is -0.409. The molecule has 2 aromatic rings. The number of aliphatic hydroxyl groups excluding tert-OH is 1. The summed E-state index contributed by atoms with van der Waals surface area (Å²) in [6, 6.07) is 6.12. The zero-order chi connectivity index (χ0) is 20.3. The van der Waals surface area contributed by atoms with Gasteiger partial charge in [0.25, 0.3) is 0 Å². The third-order valence-electron chi connectivity index (χ3n) is 4.93. The van der Waals surface area contributed by atoms with Crippen LogP contribution in [0.1, 0.15) is 37.1 Å². The second-order valence-electron chi connectivity index (χ2n) is 7.54. The molecule has 1 heterocycles. The molecule has 3 rings (SSSR count). The van der Waals surface area contributed by atoms with E-state index in [9.17, 15) is 14.7 Å². The Kier molecular flexibility index (Phi) is 6.52. The number of nitrogens with one attached hydrogen (secondary N) is 2. The van der Waals surface area contributed by atoms with Gasteiger partial charge in [0.1, 0.15) is 0 Å². The molecule has 0 saturated carbocycles. The maximum absolute atomic E-state index is 12.6. The van der Waals surface area contributed by atoms with Gasteiger partial charge in [-0.15, -0.1) is 11.3 Å². The van der Waals surface area contributed by atoms with Gasteiger partial charge in [-0.05, 0) is 42.5 Å². The predicted molar refractivity (Wildman–Crippen MR) is 113 cm³/mol. The van der Waals surface area contributed by atoms with Crippen molar-refractivity contribution in [3.63, 3.8) is 0 Å². The smallest absolute Gasteiger partial charge is 0.228 e. The van der Waals surface area contributed by atoms with Crippen LogP contribution in [0.4, 0.5) is 5.13 Å². The zero-order valence-corrected chi connectivity index (χ0v) is 18.3. The number of benzene rings is 1. The van der Waals surface area contributed by atoms with Crippen molar-refractivity contribution in [2.75, 3.05) is 11.9 Å². The number of rotatable bonds is 6. The van der Waals surface area contributed by atoms with Crippen molar-refractivity contribution >= 4 is 44.2 Å². The van der Waals surface area contributed by atoms with Crippen LogP contribution in [0.3, 0.4) is 0 Å². The number of aromatic nitrogens is 1. The largest absolute Gasteiger partial charge is 0.394 e. The third kappa shape index (κ3) is 4.98. The number of anilines is 1. The molecule has 150 valence electrons. The number of hydrogen-bond donors (Lipinski definition) is 3. The lowest BCUT2D eigenvalue weighted by Crippen LogP contribution is -2.55. The minimum absolute atomic E-state index is 0.0999. The summed E-state index contributed by atoms with van der Waals surface area (Å²) in [4.78, 5) is 28.7. The Morgan fingerprint density at radius 1 is 1.36 bits per heavy atom. The summed E-state index contributed by atoms with van der Waals surface area (Å²) >= 11 is 4.79. The average Bonchev–Trinajstić information content (AvgIpc) is 3.08. The molecular weight excluding hydrogens is 442 g/mol. The van der Waals surface area contributed by atoms with Crippen LogP contribution >= 0.6 is 27.3 Å². The number of nitrogens with zero attached hydrogens (tertiary/aromatic N) is 1. The average molecular weight is 466 g/mol. The first-order chi connectivity index (χ1) is 13.3. The number of carbonyl (C=O) groups excluding carboxylic acids is 2. The van der Waals surface area contributed by atoms with Gasteiger partial charge in [0, 0.05) is 15.8 Å². The third-order valence-corrected chi connectivity index (χ3v) is 6.23. The Morgan fingerprint density at radius 3 is 2.86 bits per heavy atom. The quantitative estimate of drug-likeness (QED) is 0.611. The molecule has 1 aliphatic rings. The number of aliphatic hydroxyl groups is 1. The van der Waals surface area contributed by atoms with Gasteiger partial charge in [0.15, 0.2) is 5.13 Å². The molecular formula is C20H24BrN3O3S. The fourth-order valence-electron chi connectivity index (χ4n) is 3.31. The summed E-state index contributed by atoms with van der Waals surface area (Å²) in [5.41, 5.74) is 2.35. The molecule has 0 saturated heterocycles. The molecule has 2 amide bonds. The van der Waals surface area contributed by atoms with E-state index in [4.69, 9.17) is 0 Å². The topological polar surface area (TPSA) is 91.3 Å². The molecule has 0 aliphatic heterocycles. The van der Waals surface area contributed by atoms with E-state index in [1.54, 1.807) is 5.38 Å². The molecule has 1 aromatic heterocycles. The van der Waals surface area contributed by atoms with Gasteiger partial charge in [0.05, 0.1) is 24.3 Å². The number of carbonyl (C=O) groups is 2. The minimum atomic E-state index is -0.650. The van der Waals surface area contributed by atoms with Gasteiger partial charge in [-0.25, -0.2) is 4.98 Å². The maximum atomic E-state index is 12.6. The summed E-state index contributed by atoms with van der Waals surface area (Å²) in [7, 11) is 0. The lowest BCUT2D eigenvalue weighted by atomic mass is 9.78. The van der Waals surface area contributed by atoms with Crippen LogP contribution < -0.4 is 10.6 Å². The monoisotopic (exact) mass is 465 g/mol. The van der Waals surface area contributed by atoms with Gasteiger partial charge in [-0.1, -0.05) is 35.8 Å². The number of halogens is 1. The van der Waals surface area contributed by atoms with E-state index in [0.29, 0.717) is 23.7 Å².